The zero-order valence-electron chi connectivity index (χ0n) is 16.8. The number of benzene rings is 2. The van der Waals surface area contributed by atoms with E-state index in [1.807, 2.05) is 13.0 Å². The summed E-state index contributed by atoms with van der Waals surface area (Å²) >= 11 is 0. The number of nitrogens with one attached hydrogen (secondary N) is 1. The summed E-state index contributed by atoms with van der Waals surface area (Å²) in [6, 6.07) is 8.35. The molecular formula is C21H20F2N6O2. The first-order valence-corrected chi connectivity index (χ1v) is 9.81. The largest absolute Gasteiger partial charge is 0.339 e. The summed E-state index contributed by atoms with van der Waals surface area (Å²) in [5, 5.41) is 14.0. The first-order chi connectivity index (χ1) is 14.9. The molecule has 1 aliphatic heterocycles. The van der Waals surface area contributed by atoms with Crippen LogP contribution in [0.25, 0.3) is 5.69 Å². The molecule has 0 unspecified atom stereocenters. The number of piperidine rings is 1. The minimum Gasteiger partial charge on any atom is -0.339 e. The van der Waals surface area contributed by atoms with Crippen LogP contribution in [-0.2, 0) is 4.79 Å². The molecule has 160 valence electrons. The fourth-order valence-corrected chi connectivity index (χ4v) is 3.63. The second kappa shape index (κ2) is 8.58. The van der Waals surface area contributed by atoms with Crippen LogP contribution in [0, 0.1) is 24.5 Å². The lowest BCUT2D eigenvalue weighted by atomic mass is 9.95. The van der Waals surface area contributed by atoms with Gasteiger partial charge in [0.05, 0.1) is 11.3 Å². The molecular weight excluding hydrogens is 406 g/mol. The standard InChI is InChI=1S/C21H20F2N6O2/c1-13-2-4-16(11-19(13)29-12-24-26-27-29)25-20(30)14-6-8-28(9-7-14)21(31)17-5-3-15(22)10-18(17)23/h2-5,10-12,14H,6-9H2,1H3,(H,25,30). The van der Waals surface area contributed by atoms with Gasteiger partial charge in [0.25, 0.3) is 5.91 Å². The zero-order chi connectivity index (χ0) is 22.0. The van der Waals surface area contributed by atoms with Crippen molar-refractivity contribution in [1.82, 2.24) is 25.1 Å². The third kappa shape index (κ3) is 4.42. The maximum absolute atomic E-state index is 13.9. The third-order valence-corrected chi connectivity index (χ3v) is 5.39. The molecule has 0 aliphatic carbocycles. The van der Waals surface area contributed by atoms with Crippen LogP contribution < -0.4 is 5.32 Å². The number of halogens is 2. The Balaban J connectivity index is 1.38. The Morgan fingerprint density at radius 1 is 1.10 bits per heavy atom. The molecule has 3 aromatic rings. The minimum atomic E-state index is -0.886. The maximum Gasteiger partial charge on any atom is 0.256 e. The highest BCUT2D eigenvalue weighted by Crippen LogP contribution is 2.24. The van der Waals surface area contributed by atoms with Gasteiger partial charge in [-0.3, -0.25) is 9.59 Å². The van der Waals surface area contributed by atoms with Crippen molar-refractivity contribution in [3.05, 3.63) is 65.5 Å². The van der Waals surface area contributed by atoms with Crippen molar-refractivity contribution in [2.24, 2.45) is 5.92 Å². The topological polar surface area (TPSA) is 93.0 Å². The molecule has 2 aromatic carbocycles. The molecule has 0 saturated carbocycles. The smallest absolute Gasteiger partial charge is 0.256 e. The highest BCUT2D eigenvalue weighted by atomic mass is 19.1. The molecule has 1 aromatic heterocycles. The number of tetrazole rings is 1. The Hall–Kier alpha value is -3.69. The number of nitrogens with zero attached hydrogens (tertiary/aromatic N) is 5. The van der Waals surface area contributed by atoms with Crippen molar-refractivity contribution in [3.8, 4) is 5.69 Å². The van der Waals surface area contributed by atoms with Gasteiger partial charge in [0.15, 0.2) is 0 Å². The summed E-state index contributed by atoms with van der Waals surface area (Å²) in [6.07, 6.45) is 2.38. The number of aromatic nitrogens is 4. The monoisotopic (exact) mass is 426 g/mol. The predicted octanol–water partition coefficient (Wildman–Crippen LogP) is 2.74. The first-order valence-electron chi connectivity index (χ1n) is 9.81. The van der Waals surface area contributed by atoms with Crippen molar-refractivity contribution >= 4 is 17.5 Å². The number of aryl methyl sites for hydroxylation is 1. The van der Waals surface area contributed by atoms with E-state index in [2.05, 4.69) is 20.8 Å². The summed E-state index contributed by atoms with van der Waals surface area (Å²) in [4.78, 5) is 26.7. The van der Waals surface area contributed by atoms with Crippen LogP contribution in [0.1, 0.15) is 28.8 Å². The molecule has 8 nitrogen and oxygen atoms in total. The van der Waals surface area contributed by atoms with Crippen molar-refractivity contribution in [3.63, 3.8) is 0 Å². The fourth-order valence-electron chi connectivity index (χ4n) is 3.63. The van der Waals surface area contributed by atoms with Gasteiger partial charge in [-0.05, 0) is 60.0 Å². The molecule has 1 N–H and O–H groups in total. The maximum atomic E-state index is 13.9. The molecule has 4 rings (SSSR count). The normalized spacial score (nSPS) is 14.5. The lowest BCUT2D eigenvalue weighted by molar-refractivity contribution is -0.121. The molecule has 0 spiro atoms. The zero-order valence-corrected chi connectivity index (χ0v) is 16.8. The van der Waals surface area contributed by atoms with Gasteiger partial charge in [-0.25, -0.2) is 13.5 Å². The molecule has 1 aliphatic rings. The van der Waals surface area contributed by atoms with Gasteiger partial charge in [-0.2, -0.15) is 0 Å². The van der Waals surface area contributed by atoms with E-state index in [0.29, 0.717) is 37.7 Å². The molecule has 31 heavy (non-hydrogen) atoms. The van der Waals surface area contributed by atoms with E-state index in [1.165, 1.54) is 15.9 Å². The number of likely N-dealkylation sites (tertiary alicyclic amines) is 1. The summed E-state index contributed by atoms with van der Waals surface area (Å²) in [5.41, 5.74) is 2.15. The lowest BCUT2D eigenvalue weighted by Gasteiger charge is -2.31. The van der Waals surface area contributed by atoms with Crippen LogP contribution in [0.4, 0.5) is 14.5 Å². The second-order valence-corrected chi connectivity index (χ2v) is 7.44. The molecule has 0 bridgehead atoms. The molecule has 1 fully saturated rings. The van der Waals surface area contributed by atoms with Gasteiger partial charge in [0, 0.05) is 30.8 Å². The van der Waals surface area contributed by atoms with Crippen molar-refractivity contribution in [2.45, 2.75) is 19.8 Å². The molecule has 2 amide bonds. The van der Waals surface area contributed by atoms with Crippen LogP contribution in [0.5, 0.6) is 0 Å². The average Bonchev–Trinajstić information content (AvgIpc) is 3.29. The number of amides is 2. The van der Waals surface area contributed by atoms with E-state index in [4.69, 9.17) is 0 Å². The van der Waals surface area contributed by atoms with E-state index in [1.54, 1.807) is 12.1 Å². The molecule has 0 radical (unpaired) electrons. The van der Waals surface area contributed by atoms with Gasteiger partial charge in [0.1, 0.15) is 18.0 Å². The van der Waals surface area contributed by atoms with Gasteiger partial charge >= 0.3 is 0 Å². The highest BCUT2D eigenvalue weighted by molar-refractivity contribution is 5.95. The number of anilines is 1. The third-order valence-electron chi connectivity index (χ3n) is 5.39. The van der Waals surface area contributed by atoms with Gasteiger partial charge < -0.3 is 10.2 Å². The Bertz CT molecular complexity index is 1110. The van der Waals surface area contributed by atoms with Crippen molar-refractivity contribution in [1.29, 1.82) is 0 Å². The van der Waals surface area contributed by atoms with Crippen LogP contribution in [0.2, 0.25) is 0 Å². The summed E-state index contributed by atoms with van der Waals surface area (Å²) in [7, 11) is 0. The lowest BCUT2D eigenvalue weighted by Crippen LogP contribution is -2.41. The Labute approximate surface area is 176 Å². The average molecular weight is 426 g/mol. The van der Waals surface area contributed by atoms with Crippen LogP contribution in [-0.4, -0.2) is 50.0 Å². The number of carbonyl (C=O) groups is 2. The van der Waals surface area contributed by atoms with E-state index < -0.39 is 17.5 Å². The predicted molar refractivity (Wildman–Crippen MR) is 108 cm³/mol. The number of rotatable bonds is 4. The molecule has 1 saturated heterocycles. The van der Waals surface area contributed by atoms with Crippen LogP contribution in [0.15, 0.2) is 42.7 Å². The molecule has 0 atom stereocenters. The van der Waals surface area contributed by atoms with Gasteiger partial charge in [0.2, 0.25) is 5.91 Å². The fraction of sp³-hybridized carbons (Fsp3) is 0.286. The highest BCUT2D eigenvalue weighted by Gasteiger charge is 2.29. The number of hydrogen-bond acceptors (Lipinski definition) is 5. The molecule has 2 heterocycles. The van der Waals surface area contributed by atoms with Crippen LogP contribution >= 0.6 is 0 Å². The summed E-state index contributed by atoms with van der Waals surface area (Å²) < 4.78 is 28.5. The number of hydrogen-bond donors (Lipinski definition) is 1. The van der Waals surface area contributed by atoms with E-state index in [0.717, 1.165) is 23.4 Å². The number of carbonyl (C=O) groups excluding carboxylic acids is 2. The van der Waals surface area contributed by atoms with Crippen molar-refractivity contribution in [2.75, 3.05) is 18.4 Å². The summed E-state index contributed by atoms with van der Waals surface area (Å²) in [6.45, 7) is 2.55. The molecule has 10 heteroatoms. The Morgan fingerprint density at radius 2 is 1.87 bits per heavy atom. The van der Waals surface area contributed by atoms with E-state index >= 15 is 0 Å². The minimum absolute atomic E-state index is 0.147. The Morgan fingerprint density at radius 3 is 2.55 bits per heavy atom. The Kier molecular flexibility index (Phi) is 5.70. The van der Waals surface area contributed by atoms with Crippen LogP contribution in [0.3, 0.4) is 0 Å². The quantitative estimate of drug-likeness (QED) is 0.693. The van der Waals surface area contributed by atoms with Gasteiger partial charge in [-0.15, -0.1) is 5.10 Å². The van der Waals surface area contributed by atoms with Crippen molar-refractivity contribution < 1.29 is 18.4 Å². The second-order valence-electron chi connectivity index (χ2n) is 7.44. The van der Waals surface area contributed by atoms with E-state index in [-0.39, 0.29) is 17.4 Å². The van der Waals surface area contributed by atoms with Gasteiger partial charge in [-0.1, -0.05) is 6.07 Å². The first kappa shape index (κ1) is 20.6. The SMILES string of the molecule is Cc1ccc(NC(=O)C2CCN(C(=O)c3ccc(F)cc3F)CC2)cc1-n1cnnn1. The summed E-state index contributed by atoms with van der Waals surface area (Å²) in [5.74, 6) is -2.54. The van der Waals surface area contributed by atoms with E-state index in [9.17, 15) is 18.4 Å².